The van der Waals surface area contributed by atoms with Gasteiger partial charge in [-0.1, -0.05) is 30.3 Å². The van der Waals surface area contributed by atoms with Crippen LogP contribution in [0, 0.1) is 0 Å². The Bertz CT molecular complexity index is 855. The Hall–Kier alpha value is -2.80. The monoisotopic (exact) mass is 341 g/mol. The Balaban J connectivity index is 1.54. The van der Waals surface area contributed by atoms with Crippen molar-refractivity contribution in [3.63, 3.8) is 0 Å². The highest BCUT2D eigenvalue weighted by molar-refractivity contribution is 7.14. The van der Waals surface area contributed by atoms with Crippen molar-refractivity contribution in [2.24, 2.45) is 0 Å². The second kappa shape index (κ2) is 7.18. The molecule has 0 aliphatic carbocycles. The minimum Gasteiger partial charge on any atom is -0.441 e. The molecule has 0 fully saturated rings. The van der Waals surface area contributed by atoms with E-state index < -0.39 is 0 Å². The summed E-state index contributed by atoms with van der Waals surface area (Å²) in [6, 6.07) is 9.65. The first-order chi connectivity index (χ1) is 11.6. The van der Waals surface area contributed by atoms with Gasteiger partial charge in [-0.25, -0.2) is 9.97 Å². The molecule has 0 unspecified atom stereocenters. The number of hydrogen-bond donors (Lipinski definition) is 1. The lowest BCUT2D eigenvalue weighted by molar-refractivity contribution is -0.116. The first-order valence-electron chi connectivity index (χ1n) is 7.38. The van der Waals surface area contributed by atoms with E-state index in [1.165, 1.54) is 18.3 Å². The number of rotatable bonds is 6. The number of ketones is 1. The lowest BCUT2D eigenvalue weighted by Gasteiger charge is -1.99. The number of anilines is 1. The topological polar surface area (TPSA) is 85.1 Å². The number of thiazole rings is 1. The summed E-state index contributed by atoms with van der Waals surface area (Å²) in [7, 11) is 0. The van der Waals surface area contributed by atoms with Crippen molar-refractivity contribution in [3.8, 4) is 11.3 Å². The highest BCUT2D eigenvalue weighted by Gasteiger charge is 2.11. The summed E-state index contributed by atoms with van der Waals surface area (Å²) in [4.78, 5) is 31.4. The Morgan fingerprint density at radius 2 is 2.04 bits per heavy atom. The van der Waals surface area contributed by atoms with E-state index in [1.54, 1.807) is 11.6 Å². The van der Waals surface area contributed by atoms with Gasteiger partial charge in [0.15, 0.2) is 22.6 Å². The summed E-state index contributed by atoms with van der Waals surface area (Å²) in [6.45, 7) is 1.44. The molecule has 0 bridgehead atoms. The molecule has 3 aromatic rings. The van der Waals surface area contributed by atoms with E-state index in [0.29, 0.717) is 28.9 Å². The molecule has 0 aliphatic rings. The zero-order chi connectivity index (χ0) is 16.9. The van der Waals surface area contributed by atoms with Crippen LogP contribution in [0.5, 0.6) is 0 Å². The Labute approximate surface area is 142 Å². The van der Waals surface area contributed by atoms with Crippen LogP contribution in [0.25, 0.3) is 11.3 Å². The number of benzene rings is 1. The average molecular weight is 341 g/mol. The van der Waals surface area contributed by atoms with E-state index in [9.17, 15) is 9.59 Å². The van der Waals surface area contributed by atoms with Crippen molar-refractivity contribution in [1.82, 2.24) is 9.97 Å². The molecular formula is C17H15N3O3S. The molecule has 0 saturated carbocycles. The van der Waals surface area contributed by atoms with E-state index in [-0.39, 0.29) is 18.1 Å². The standard InChI is InChI=1S/C17H15N3O3S/c1-11(21)13-10-24-17(19-13)20-15(22)7-8-16-18-9-14(23-16)12-5-3-2-4-6-12/h2-6,9-10H,7-8H2,1H3,(H,19,20,22). The minimum atomic E-state index is -0.195. The third kappa shape index (κ3) is 3.94. The summed E-state index contributed by atoms with van der Waals surface area (Å²) in [5.41, 5.74) is 1.30. The number of carbonyl (C=O) groups is 2. The number of carbonyl (C=O) groups excluding carboxylic acids is 2. The molecule has 2 heterocycles. The molecule has 1 aromatic carbocycles. The van der Waals surface area contributed by atoms with Gasteiger partial charge in [0.2, 0.25) is 5.91 Å². The summed E-state index contributed by atoms with van der Waals surface area (Å²) in [5.74, 6) is 0.864. The highest BCUT2D eigenvalue weighted by atomic mass is 32.1. The van der Waals surface area contributed by atoms with Crippen LogP contribution in [0.15, 0.2) is 46.3 Å². The molecule has 24 heavy (non-hydrogen) atoms. The summed E-state index contributed by atoms with van der Waals surface area (Å²) in [6.07, 6.45) is 2.27. The van der Waals surface area contributed by atoms with E-state index in [1.807, 2.05) is 30.3 Å². The van der Waals surface area contributed by atoms with Gasteiger partial charge in [-0.2, -0.15) is 0 Å². The van der Waals surface area contributed by atoms with E-state index >= 15 is 0 Å². The molecular weight excluding hydrogens is 326 g/mol. The van der Waals surface area contributed by atoms with Gasteiger partial charge >= 0.3 is 0 Å². The maximum absolute atomic E-state index is 11.9. The van der Waals surface area contributed by atoms with Crippen LogP contribution in [-0.2, 0) is 11.2 Å². The van der Waals surface area contributed by atoms with Gasteiger partial charge in [0, 0.05) is 30.7 Å². The van der Waals surface area contributed by atoms with Crippen molar-refractivity contribution < 1.29 is 14.0 Å². The van der Waals surface area contributed by atoms with Crippen molar-refractivity contribution in [3.05, 3.63) is 53.5 Å². The van der Waals surface area contributed by atoms with Gasteiger partial charge in [0.1, 0.15) is 5.69 Å². The molecule has 0 saturated heterocycles. The Kier molecular flexibility index (Phi) is 4.81. The molecule has 6 nitrogen and oxygen atoms in total. The van der Waals surface area contributed by atoms with E-state index in [4.69, 9.17) is 4.42 Å². The Morgan fingerprint density at radius 3 is 2.75 bits per heavy atom. The van der Waals surface area contributed by atoms with Crippen LogP contribution in [-0.4, -0.2) is 21.7 Å². The van der Waals surface area contributed by atoms with Gasteiger partial charge in [0.05, 0.1) is 6.20 Å². The number of hydrogen-bond acceptors (Lipinski definition) is 6. The third-order valence-corrected chi connectivity index (χ3v) is 4.05. The molecule has 1 N–H and O–H groups in total. The zero-order valence-corrected chi connectivity index (χ0v) is 13.8. The van der Waals surface area contributed by atoms with Crippen molar-refractivity contribution in [1.29, 1.82) is 0 Å². The van der Waals surface area contributed by atoms with Gasteiger partial charge in [-0.3, -0.25) is 9.59 Å². The number of oxazole rings is 1. The molecule has 0 atom stereocenters. The molecule has 122 valence electrons. The molecule has 0 radical (unpaired) electrons. The van der Waals surface area contributed by atoms with E-state index in [0.717, 1.165) is 5.56 Å². The lowest BCUT2D eigenvalue weighted by atomic mass is 10.2. The zero-order valence-electron chi connectivity index (χ0n) is 13.0. The molecule has 0 spiro atoms. The fraction of sp³-hybridized carbons (Fsp3) is 0.176. The molecule has 7 heteroatoms. The summed E-state index contributed by atoms with van der Waals surface area (Å²) < 4.78 is 5.66. The third-order valence-electron chi connectivity index (χ3n) is 3.29. The normalized spacial score (nSPS) is 10.5. The smallest absolute Gasteiger partial charge is 0.226 e. The second-order valence-corrected chi connectivity index (χ2v) is 5.98. The predicted molar refractivity (Wildman–Crippen MR) is 91.0 cm³/mol. The lowest BCUT2D eigenvalue weighted by Crippen LogP contribution is -2.12. The fourth-order valence-electron chi connectivity index (χ4n) is 2.06. The van der Waals surface area contributed by atoms with Crippen LogP contribution >= 0.6 is 11.3 Å². The van der Waals surface area contributed by atoms with Gasteiger partial charge < -0.3 is 9.73 Å². The summed E-state index contributed by atoms with van der Waals surface area (Å²) >= 11 is 1.23. The van der Waals surface area contributed by atoms with Crippen molar-refractivity contribution in [2.45, 2.75) is 19.8 Å². The van der Waals surface area contributed by atoms with Gasteiger partial charge in [0.25, 0.3) is 0 Å². The summed E-state index contributed by atoms with van der Waals surface area (Å²) in [5, 5.41) is 4.71. The number of nitrogens with zero attached hydrogens (tertiary/aromatic N) is 2. The van der Waals surface area contributed by atoms with Crippen molar-refractivity contribution >= 4 is 28.2 Å². The molecule has 0 aliphatic heterocycles. The van der Waals surface area contributed by atoms with Crippen LogP contribution in [0.1, 0.15) is 29.7 Å². The first-order valence-corrected chi connectivity index (χ1v) is 8.26. The highest BCUT2D eigenvalue weighted by Crippen LogP contribution is 2.20. The SMILES string of the molecule is CC(=O)c1csc(NC(=O)CCc2ncc(-c3ccccc3)o2)n1. The maximum atomic E-state index is 11.9. The molecule has 2 aromatic heterocycles. The minimum absolute atomic E-state index is 0.125. The molecule has 3 rings (SSSR count). The predicted octanol–water partition coefficient (Wildman–Crippen LogP) is 3.57. The van der Waals surface area contributed by atoms with Gasteiger partial charge in [-0.15, -0.1) is 11.3 Å². The largest absolute Gasteiger partial charge is 0.441 e. The fourth-order valence-corrected chi connectivity index (χ4v) is 2.82. The van der Waals surface area contributed by atoms with Gasteiger partial charge in [-0.05, 0) is 0 Å². The number of amides is 1. The number of Topliss-reactive ketones (excluding diaryl/α,β-unsaturated/α-hetero) is 1. The van der Waals surface area contributed by atoms with E-state index in [2.05, 4.69) is 15.3 Å². The number of nitrogens with one attached hydrogen (secondary N) is 1. The van der Waals surface area contributed by atoms with Crippen LogP contribution in [0.4, 0.5) is 5.13 Å². The van der Waals surface area contributed by atoms with Crippen molar-refractivity contribution in [2.75, 3.05) is 5.32 Å². The number of aromatic nitrogens is 2. The maximum Gasteiger partial charge on any atom is 0.226 e. The van der Waals surface area contributed by atoms with Crippen LogP contribution < -0.4 is 5.32 Å². The quantitative estimate of drug-likeness (QED) is 0.693. The average Bonchev–Trinajstić information content (AvgIpc) is 3.23. The van der Waals surface area contributed by atoms with Crippen LogP contribution in [0.3, 0.4) is 0 Å². The Morgan fingerprint density at radius 1 is 1.25 bits per heavy atom. The number of aryl methyl sites for hydroxylation is 1. The first kappa shape index (κ1) is 16.1. The molecule has 1 amide bonds. The van der Waals surface area contributed by atoms with Crippen LogP contribution in [0.2, 0.25) is 0 Å². The second-order valence-electron chi connectivity index (χ2n) is 5.13.